The van der Waals surface area contributed by atoms with Crippen molar-refractivity contribution in [2.45, 2.75) is 40.2 Å². The molecule has 3 N–H and O–H groups in total. The fourth-order valence-electron chi connectivity index (χ4n) is 1.42. The summed E-state index contributed by atoms with van der Waals surface area (Å²) >= 11 is 0. The van der Waals surface area contributed by atoms with Gasteiger partial charge in [-0.25, -0.2) is 4.98 Å². The maximum Gasteiger partial charge on any atom is 0.280 e. The lowest BCUT2D eigenvalue weighted by Crippen LogP contribution is -2.22. The molecule has 0 bridgehead atoms. The van der Waals surface area contributed by atoms with Crippen molar-refractivity contribution in [1.29, 1.82) is 0 Å². The standard InChI is InChI=1S/C9H13N5O.C2H6/c1-9(2,3)14-4-11-5-6(14)12-8(10)13-7(5)15;1-2/h4H,1-3H3,(H3,10,12,13,15);1-2H3. The molecule has 0 aliphatic heterocycles. The summed E-state index contributed by atoms with van der Waals surface area (Å²) in [5, 5.41) is 0. The van der Waals surface area contributed by atoms with Gasteiger partial charge >= 0.3 is 0 Å². The van der Waals surface area contributed by atoms with E-state index in [2.05, 4.69) is 15.0 Å². The number of nitrogens with zero attached hydrogens (tertiary/aromatic N) is 3. The molecule has 0 saturated heterocycles. The lowest BCUT2D eigenvalue weighted by Gasteiger charge is -2.20. The Bertz CT molecular complexity index is 561. The topological polar surface area (TPSA) is 89.6 Å². The van der Waals surface area contributed by atoms with Crippen LogP contribution < -0.4 is 11.3 Å². The van der Waals surface area contributed by atoms with E-state index in [1.807, 2.05) is 39.2 Å². The molecule has 0 aliphatic rings. The number of fused-ring (bicyclic) bond motifs is 1. The van der Waals surface area contributed by atoms with Gasteiger partial charge in [-0.2, -0.15) is 4.98 Å². The van der Waals surface area contributed by atoms with Crippen molar-refractivity contribution >= 4 is 17.1 Å². The van der Waals surface area contributed by atoms with E-state index in [-0.39, 0.29) is 17.0 Å². The predicted octanol–water partition coefficient (Wildman–Crippen LogP) is 1.48. The van der Waals surface area contributed by atoms with Crippen LogP contribution in [0.5, 0.6) is 0 Å². The maximum absolute atomic E-state index is 11.5. The minimum atomic E-state index is -0.305. The van der Waals surface area contributed by atoms with Crippen LogP contribution >= 0.6 is 0 Å². The van der Waals surface area contributed by atoms with Crippen LogP contribution in [0.4, 0.5) is 5.95 Å². The molecule has 2 rings (SSSR count). The quantitative estimate of drug-likeness (QED) is 0.726. The number of rotatable bonds is 0. The molecule has 2 heterocycles. The fraction of sp³-hybridized carbons (Fsp3) is 0.545. The van der Waals surface area contributed by atoms with Crippen molar-refractivity contribution in [3.8, 4) is 0 Å². The van der Waals surface area contributed by atoms with E-state index in [0.29, 0.717) is 11.2 Å². The third-order valence-corrected chi connectivity index (χ3v) is 2.15. The molecular formula is C11H19N5O. The second kappa shape index (κ2) is 4.57. The van der Waals surface area contributed by atoms with E-state index in [0.717, 1.165) is 0 Å². The van der Waals surface area contributed by atoms with Crippen LogP contribution in [0.15, 0.2) is 11.1 Å². The van der Waals surface area contributed by atoms with Crippen molar-refractivity contribution in [3.63, 3.8) is 0 Å². The van der Waals surface area contributed by atoms with Crippen LogP contribution in [-0.4, -0.2) is 19.5 Å². The number of H-pyrrole nitrogens is 1. The average molecular weight is 237 g/mol. The highest BCUT2D eigenvalue weighted by molar-refractivity contribution is 5.70. The zero-order valence-electron chi connectivity index (χ0n) is 10.9. The summed E-state index contributed by atoms with van der Waals surface area (Å²) in [6.07, 6.45) is 1.60. The van der Waals surface area contributed by atoms with Crippen LogP contribution in [0.1, 0.15) is 34.6 Å². The summed E-state index contributed by atoms with van der Waals surface area (Å²) in [4.78, 5) is 22.0. The number of aromatic nitrogens is 4. The number of nitrogen functional groups attached to an aromatic ring is 1. The second-order valence-electron chi connectivity index (χ2n) is 4.41. The van der Waals surface area contributed by atoms with Gasteiger partial charge in [0.15, 0.2) is 11.2 Å². The lowest BCUT2D eigenvalue weighted by atomic mass is 10.1. The smallest absolute Gasteiger partial charge is 0.280 e. The van der Waals surface area contributed by atoms with E-state index in [1.165, 1.54) is 0 Å². The summed E-state index contributed by atoms with van der Waals surface area (Å²) in [6, 6.07) is 0. The van der Waals surface area contributed by atoms with Crippen molar-refractivity contribution < 1.29 is 0 Å². The Morgan fingerprint density at radius 1 is 1.35 bits per heavy atom. The first kappa shape index (κ1) is 13.2. The number of imidazole rings is 1. The summed E-state index contributed by atoms with van der Waals surface area (Å²) < 4.78 is 1.83. The van der Waals surface area contributed by atoms with Gasteiger partial charge < -0.3 is 10.3 Å². The van der Waals surface area contributed by atoms with Crippen LogP contribution in [0, 0.1) is 0 Å². The first-order chi connectivity index (χ1) is 7.89. The van der Waals surface area contributed by atoms with E-state index >= 15 is 0 Å². The van der Waals surface area contributed by atoms with Gasteiger partial charge in [-0.05, 0) is 20.8 Å². The van der Waals surface area contributed by atoms with Gasteiger partial charge in [0.05, 0.1) is 6.33 Å². The molecule has 6 nitrogen and oxygen atoms in total. The number of hydrogen-bond acceptors (Lipinski definition) is 4. The lowest BCUT2D eigenvalue weighted by molar-refractivity contribution is 0.406. The number of nitrogens with one attached hydrogen (secondary N) is 1. The largest absolute Gasteiger partial charge is 0.369 e. The number of anilines is 1. The molecule has 0 fully saturated rings. The summed E-state index contributed by atoms with van der Waals surface area (Å²) in [5.74, 6) is 0.110. The van der Waals surface area contributed by atoms with E-state index < -0.39 is 0 Å². The van der Waals surface area contributed by atoms with Crippen LogP contribution in [0.3, 0.4) is 0 Å². The molecule has 0 saturated carbocycles. The molecule has 6 heteroatoms. The Hall–Kier alpha value is -1.85. The number of aromatic amines is 1. The fourth-order valence-corrected chi connectivity index (χ4v) is 1.42. The van der Waals surface area contributed by atoms with Crippen LogP contribution in [-0.2, 0) is 5.54 Å². The van der Waals surface area contributed by atoms with Crippen LogP contribution in [0.2, 0.25) is 0 Å². The van der Waals surface area contributed by atoms with E-state index in [9.17, 15) is 4.79 Å². The molecule has 94 valence electrons. The van der Waals surface area contributed by atoms with Gasteiger partial charge in [-0.3, -0.25) is 9.78 Å². The highest BCUT2D eigenvalue weighted by Gasteiger charge is 2.18. The highest BCUT2D eigenvalue weighted by atomic mass is 16.1. The molecule has 0 aliphatic carbocycles. The Balaban J connectivity index is 0.000000686. The first-order valence-corrected chi connectivity index (χ1v) is 5.63. The molecule has 0 radical (unpaired) electrons. The normalized spacial score (nSPS) is 11.1. The Labute approximate surface area is 99.9 Å². The van der Waals surface area contributed by atoms with Crippen LogP contribution in [0.25, 0.3) is 11.2 Å². The van der Waals surface area contributed by atoms with Crippen molar-refractivity contribution in [3.05, 3.63) is 16.7 Å². The minimum absolute atomic E-state index is 0.110. The molecule has 2 aromatic rings. The molecule has 0 amide bonds. The Morgan fingerprint density at radius 3 is 2.47 bits per heavy atom. The summed E-state index contributed by atoms with van der Waals surface area (Å²) in [7, 11) is 0. The molecule has 17 heavy (non-hydrogen) atoms. The first-order valence-electron chi connectivity index (χ1n) is 5.63. The highest BCUT2D eigenvalue weighted by Crippen LogP contribution is 2.18. The van der Waals surface area contributed by atoms with Gasteiger partial charge in [-0.15, -0.1) is 0 Å². The molecule has 2 aromatic heterocycles. The van der Waals surface area contributed by atoms with Gasteiger partial charge in [0.25, 0.3) is 5.56 Å². The van der Waals surface area contributed by atoms with Crippen molar-refractivity contribution in [2.24, 2.45) is 0 Å². The SMILES string of the molecule is CC.CC(C)(C)n1cnc2c(=O)[nH]c(N)nc21. The molecule has 0 spiro atoms. The monoisotopic (exact) mass is 237 g/mol. The van der Waals surface area contributed by atoms with Gasteiger partial charge in [0.2, 0.25) is 5.95 Å². The molecule has 0 aromatic carbocycles. The predicted molar refractivity (Wildman–Crippen MR) is 68.9 cm³/mol. The van der Waals surface area contributed by atoms with Crippen molar-refractivity contribution in [1.82, 2.24) is 19.5 Å². The maximum atomic E-state index is 11.5. The minimum Gasteiger partial charge on any atom is -0.369 e. The molecule has 0 atom stereocenters. The number of hydrogen-bond donors (Lipinski definition) is 2. The van der Waals surface area contributed by atoms with Gasteiger partial charge in [0, 0.05) is 5.54 Å². The summed E-state index contributed by atoms with van der Waals surface area (Å²) in [5.41, 5.74) is 5.84. The third-order valence-electron chi connectivity index (χ3n) is 2.15. The van der Waals surface area contributed by atoms with E-state index in [1.54, 1.807) is 6.33 Å². The zero-order valence-corrected chi connectivity index (χ0v) is 10.9. The van der Waals surface area contributed by atoms with Crippen molar-refractivity contribution in [2.75, 3.05) is 5.73 Å². The molecule has 0 unspecified atom stereocenters. The summed E-state index contributed by atoms with van der Waals surface area (Å²) in [6.45, 7) is 10.0. The molecular weight excluding hydrogens is 218 g/mol. The van der Waals surface area contributed by atoms with Gasteiger partial charge in [-0.1, -0.05) is 13.8 Å². The third kappa shape index (κ3) is 2.46. The Kier molecular flexibility index (Phi) is 3.55. The zero-order chi connectivity index (χ0) is 13.2. The number of nitrogens with two attached hydrogens (primary N) is 1. The van der Waals surface area contributed by atoms with E-state index in [4.69, 9.17) is 5.73 Å². The van der Waals surface area contributed by atoms with Gasteiger partial charge in [0.1, 0.15) is 0 Å². The Morgan fingerprint density at radius 2 is 1.94 bits per heavy atom. The second-order valence-corrected chi connectivity index (χ2v) is 4.41. The average Bonchev–Trinajstić information content (AvgIpc) is 2.63.